The summed E-state index contributed by atoms with van der Waals surface area (Å²) >= 11 is 0. The van der Waals surface area contributed by atoms with E-state index >= 15 is 0 Å². The second-order valence-corrected chi connectivity index (χ2v) is 7.22. The molecule has 0 unspecified atom stereocenters. The van der Waals surface area contributed by atoms with Crippen molar-refractivity contribution in [2.24, 2.45) is 0 Å². The van der Waals surface area contributed by atoms with Gasteiger partial charge in [-0.3, -0.25) is 8.42 Å². The summed E-state index contributed by atoms with van der Waals surface area (Å²) < 4.78 is 46.7. The summed E-state index contributed by atoms with van der Waals surface area (Å²) in [5.41, 5.74) is 0. The summed E-state index contributed by atoms with van der Waals surface area (Å²) in [5.74, 6) is 0. The average molecular weight is 328 g/mol. The van der Waals surface area contributed by atoms with Crippen molar-refractivity contribution in [2.45, 2.75) is 0 Å². The normalized spacial score (nSPS) is 23.9. The van der Waals surface area contributed by atoms with Gasteiger partial charge in [-0.05, 0) is 0 Å². The fourth-order valence-electron chi connectivity index (χ4n) is 1.67. The van der Waals surface area contributed by atoms with E-state index in [1.807, 2.05) is 0 Å². The molecule has 2 aliphatic heterocycles. The Bertz CT molecular complexity index is 337. The van der Waals surface area contributed by atoms with E-state index in [-0.39, 0.29) is 0 Å². The van der Waals surface area contributed by atoms with Crippen LogP contribution in [0.25, 0.3) is 0 Å². The molecule has 2 heterocycles. The van der Waals surface area contributed by atoms with Crippen molar-refractivity contribution in [3.8, 4) is 0 Å². The van der Waals surface area contributed by atoms with Crippen molar-refractivity contribution >= 4 is 10.4 Å². The lowest BCUT2D eigenvalue weighted by molar-refractivity contribution is -0.898. The molecule has 0 atom stereocenters. The Morgan fingerprint density at radius 1 is 0.714 bits per heavy atom. The minimum Gasteiger partial charge on any atom is -0.759 e. The Balaban J connectivity index is 0.000000296. The molecule has 0 aromatic carbocycles. The Labute approximate surface area is 128 Å². The molecule has 0 amide bonds. The highest BCUT2D eigenvalue weighted by Gasteiger charge is 2.18. The second kappa shape index (κ2) is 8.99. The van der Waals surface area contributed by atoms with Crippen molar-refractivity contribution in [3.63, 3.8) is 0 Å². The molecule has 21 heavy (non-hydrogen) atoms. The summed E-state index contributed by atoms with van der Waals surface area (Å²) in [7, 11) is 3.79. The second-order valence-electron chi connectivity index (χ2n) is 6.40. The van der Waals surface area contributed by atoms with Gasteiger partial charge in [0.15, 0.2) is 0 Å². The predicted octanol–water partition coefficient (Wildman–Crippen LogP) is -1.15. The molecule has 0 aromatic rings. The molecule has 0 aliphatic carbocycles. The number of likely N-dealkylation sites (N-methyl/N-ethyl adjacent to an activating group) is 2. The van der Waals surface area contributed by atoms with Crippen LogP contribution in [0.4, 0.5) is 0 Å². The van der Waals surface area contributed by atoms with E-state index in [0.717, 1.165) is 35.4 Å². The highest BCUT2D eigenvalue weighted by atomic mass is 32.3. The third kappa shape index (κ3) is 15.9. The van der Waals surface area contributed by atoms with Gasteiger partial charge in [0, 0.05) is 10.4 Å². The fourth-order valence-corrected chi connectivity index (χ4v) is 1.67. The summed E-state index contributed by atoms with van der Waals surface area (Å²) in [5, 5.41) is 0. The number of morpholine rings is 2. The topological polar surface area (TPSA) is 98.7 Å². The van der Waals surface area contributed by atoms with Crippen LogP contribution in [0.15, 0.2) is 0 Å². The summed E-state index contributed by atoms with van der Waals surface area (Å²) in [4.78, 5) is 0. The maximum Gasteiger partial charge on any atom is 0.102 e. The van der Waals surface area contributed by atoms with Gasteiger partial charge in [0.25, 0.3) is 0 Å². The van der Waals surface area contributed by atoms with E-state index in [1.165, 1.54) is 26.2 Å². The van der Waals surface area contributed by atoms with Crippen molar-refractivity contribution in [3.05, 3.63) is 0 Å². The molecule has 0 aromatic heterocycles. The lowest BCUT2D eigenvalue weighted by Crippen LogP contribution is -2.48. The molecule has 9 heteroatoms. The van der Waals surface area contributed by atoms with Crippen LogP contribution in [0.3, 0.4) is 0 Å². The molecule has 0 N–H and O–H groups in total. The first kappa shape index (κ1) is 20.7. The Hall–Kier alpha value is -0.290. The lowest BCUT2D eigenvalue weighted by atomic mass is 10.4. The van der Waals surface area contributed by atoms with Gasteiger partial charge in [0.05, 0.1) is 54.6 Å². The van der Waals surface area contributed by atoms with Gasteiger partial charge in [0.1, 0.15) is 26.2 Å². The molecule has 2 rings (SSSR count). The van der Waals surface area contributed by atoms with E-state index in [9.17, 15) is 0 Å². The van der Waals surface area contributed by atoms with Crippen LogP contribution in [0.5, 0.6) is 0 Å². The molecular formula is C12H28N2O6S. The summed E-state index contributed by atoms with van der Waals surface area (Å²) in [6.07, 6.45) is 0. The highest BCUT2D eigenvalue weighted by Crippen LogP contribution is 2.01. The maximum atomic E-state index is 8.52. The summed E-state index contributed by atoms with van der Waals surface area (Å²) in [6.45, 7) is 8.42. The minimum atomic E-state index is -5.17. The van der Waals surface area contributed by atoms with Gasteiger partial charge in [0.2, 0.25) is 0 Å². The van der Waals surface area contributed by atoms with Gasteiger partial charge >= 0.3 is 0 Å². The van der Waals surface area contributed by atoms with Crippen LogP contribution in [-0.4, -0.2) is 107 Å². The first-order valence-corrected chi connectivity index (χ1v) is 8.21. The average Bonchev–Trinajstić information content (AvgIpc) is 2.26. The molecular weight excluding hydrogens is 300 g/mol. The van der Waals surface area contributed by atoms with E-state index in [0.29, 0.717) is 0 Å². The molecule has 0 saturated carbocycles. The van der Waals surface area contributed by atoms with Gasteiger partial charge in [-0.1, -0.05) is 0 Å². The smallest absolute Gasteiger partial charge is 0.102 e. The maximum absolute atomic E-state index is 8.52. The number of ether oxygens (including phenoxy) is 2. The zero-order valence-corrected chi connectivity index (χ0v) is 14.2. The van der Waals surface area contributed by atoms with Crippen molar-refractivity contribution in [1.29, 1.82) is 0 Å². The van der Waals surface area contributed by atoms with E-state index in [4.69, 9.17) is 27.0 Å². The Kier molecular flexibility index (Phi) is 8.86. The number of rotatable bonds is 0. The van der Waals surface area contributed by atoms with E-state index < -0.39 is 10.4 Å². The third-order valence-corrected chi connectivity index (χ3v) is 3.36. The highest BCUT2D eigenvalue weighted by molar-refractivity contribution is 7.79. The Morgan fingerprint density at radius 3 is 1.00 bits per heavy atom. The van der Waals surface area contributed by atoms with Gasteiger partial charge < -0.3 is 27.5 Å². The van der Waals surface area contributed by atoms with E-state index in [1.54, 1.807) is 0 Å². The zero-order chi connectivity index (χ0) is 16.6. The Morgan fingerprint density at radius 2 is 0.905 bits per heavy atom. The van der Waals surface area contributed by atoms with Gasteiger partial charge in [-0.25, -0.2) is 0 Å². The number of hydrogen-bond acceptors (Lipinski definition) is 6. The first-order valence-electron chi connectivity index (χ1n) is 6.88. The van der Waals surface area contributed by atoms with Crippen LogP contribution in [0, 0.1) is 0 Å². The number of hydrogen-bond donors (Lipinski definition) is 0. The molecule has 2 saturated heterocycles. The molecule has 2 aliphatic rings. The fraction of sp³-hybridized carbons (Fsp3) is 1.00. The van der Waals surface area contributed by atoms with Crippen LogP contribution in [0.1, 0.15) is 0 Å². The van der Waals surface area contributed by atoms with Crippen LogP contribution < -0.4 is 0 Å². The molecule has 0 bridgehead atoms. The van der Waals surface area contributed by atoms with Crippen molar-refractivity contribution < 1.29 is 36.0 Å². The molecule has 2 fully saturated rings. The molecule has 0 spiro atoms. The monoisotopic (exact) mass is 328 g/mol. The van der Waals surface area contributed by atoms with Gasteiger partial charge in [-0.15, -0.1) is 0 Å². The number of quaternary nitrogens is 2. The van der Waals surface area contributed by atoms with Crippen LogP contribution in [-0.2, 0) is 19.9 Å². The van der Waals surface area contributed by atoms with Crippen LogP contribution in [0.2, 0.25) is 0 Å². The van der Waals surface area contributed by atoms with Crippen molar-refractivity contribution in [2.75, 3.05) is 80.8 Å². The predicted molar refractivity (Wildman–Crippen MR) is 75.8 cm³/mol. The largest absolute Gasteiger partial charge is 0.759 e. The minimum absolute atomic E-state index is 0.938. The quantitative estimate of drug-likeness (QED) is 0.316. The van der Waals surface area contributed by atoms with E-state index in [2.05, 4.69) is 28.2 Å². The zero-order valence-electron chi connectivity index (χ0n) is 13.4. The summed E-state index contributed by atoms with van der Waals surface area (Å²) in [6, 6.07) is 0. The standard InChI is InChI=1S/2C6H14NO.H2O4S/c2*1-7(2)3-5-8-6-4-7;1-5(2,3)4/h2*3-6H2,1-2H3;(H2,1,2,3,4)/q2*+1;/p-2. The van der Waals surface area contributed by atoms with Gasteiger partial charge in [-0.2, -0.15) is 0 Å². The van der Waals surface area contributed by atoms with Crippen LogP contribution >= 0.6 is 0 Å². The lowest BCUT2D eigenvalue weighted by Gasteiger charge is -2.33. The number of nitrogens with zero attached hydrogens (tertiary/aromatic N) is 2. The first-order chi connectivity index (χ1) is 9.41. The third-order valence-electron chi connectivity index (χ3n) is 3.36. The molecule has 0 radical (unpaired) electrons. The molecule has 128 valence electrons. The SMILES string of the molecule is C[N+]1(C)CCOCC1.C[N+]1(C)CCOCC1.O=S(=O)([O-])[O-]. The van der Waals surface area contributed by atoms with Crippen molar-refractivity contribution in [1.82, 2.24) is 0 Å². The molecule has 8 nitrogen and oxygen atoms in total.